The van der Waals surface area contributed by atoms with Crippen molar-refractivity contribution >= 4 is 27.5 Å². The average molecular weight is 300 g/mol. The van der Waals surface area contributed by atoms with Crippen LogP contribution in [0.25, 0.3) is 0 Å². The lowest BCUT2D eigenvalue weighted by Crippen LogP contribution is -2.32. The van der Waals surface area contributed by atoms with Crippen molar-refractivity contribution in [3.63, 3.8) is 0 Å². The number of benzene rings is 1. The molecule has 17 heavy (non-hydrogen) atoms. The van der Waals surface area contributed by atoms with Crippen molar-refractivity contribution in [2.45, 2.75) is 26.8 Å². The van der Waals surface area contributed by atoms with Crippen molar-refractivity contribution in [2.75, 3.05) is 11.4 Å². The fourth-order valence-corrected chi connectivity index (χ4v) is 2.43. The number of hydrogen-bond donors (Lipinski definition) is 2. The Bertz CT molecular complexity index is 418. The van der Waals surface area contributed by atoms with Crippen LogP contribution >= 0.6 is 15.9 Å². The van der Waals surface area contributed by atoms with E-state index in [9.17, 15) is 0 Å². The summed E-state index contributed by atoms with van der Waals surface area (Å²) in [5.41, 5.74) is 7.42. The number of halogens is 1. The van der Waals surface area contributed by atoms with E-state index in [-0.39, 0.29) is 5.84 Å². The first-order valence-electron chi connectivity index (χ1n) is 5.56. The van der Waals surface area contributed by atoms with Crippen molar-refractivity contribution in [3.8, 4) is 0 Å². The highest BCUT2D eigenvalue weighted by molar-refractivity contribution is 9.10. The van der Waals surface area contributed by atoms with Crippen LogP contribution in [0.4, 0.5) is 5.69 Å². The van der Waals surface area contributed by atoms with Crippen molar-refractivity contribution < 1.29 is 5.21 Å². The summed E-state index contributed by atoms with van der Waals surface area (Å²) in [7, 11) is 0. The van der Waals surface area contributed by atoms with Gasteiger partial charge in [-0.25, -0.2) is 0 Å². The Morgan fingerprint density at radius 3 is 2.65 bits per heavy atom. The lowest BCUT2D eigenvalue weighted by molar-refractivity contribution is 0.318. The van der Waals surface area contributed by atoms with Crippen LogP contribution in [0.15, 0.2) is 27.8 Å². The second kappa shape index (κ2) is 5.91. The maximum atomic E-state index is 8.85. The van der Waals surface area contributed by atoms with E-state index >= 15 is 0 Å². The Balaban J connectivity index is 3.37. The average Bonchev–Trinajstić information content (AvgIpc) is 2.29. The molecule has 0 spiro atoms. The molecule has 0 amide bonds. The van der Waals surface area contributed by atoms with Gasteiger partial charge in [-0.3, -0.25) is 0 Å². The standard InChI is InChI=1S/C12H18BrN3O/c1-4-16(8(2)3)10-7-5-6-9(13)11(10)12(14)15-17/h5-8,17H,4H2,1-3H3,(H2,14,15). The summed E-state index contributed by atoms with van der Waals surface area (Å²) in [6, 6.07) is 6.14. The molecule has 0 atom stereocenters. The molecule has 0 saturated heterocycles. The zero-order valence-corrected chi connectivity index (χ0v) is 11.9. The largest absolute Gasteiger partial charge is 0.409 e. The molecular formula is C12H18BrN3O. The second-order valence-corrected chi connectivity index (χ2v) is 4.85. The molecule has 0 fully saturated rings. The highest BCUT2D eigenvalue weighted by Crippen LogP contribution is 2.28. The number of anilines is 1. The highest BCUT2D eigenvalue weighted by atomic mass is 79.9. The van der Waals surface area contributed by atoms with Gasteiger partial charge in [0.15, 0.2) is 5.84 Å². The zero-order valence-electron chi connectivity index (χ0n) is 10.3. The molecule has 4 nitrogen and oxygen atoms in total. The molecule has 1 aromatic carbocycles. The molecule has 0 heterocycles. The maximum Gasteiger partial charge on any atom is 0.173 e. The predicted octanol–water partition coefficient (Wildman–Crippen LogP) is 2.78. The van der Waals surface area contributed by atoms with Gasteiger partial charge in [0.05, 0.1) is 5.56 Å². The summed E-state index contributed by atoms with van der Waals surface area (Å²) in [6.07, 6.45) is 0. The minimum Gasteiger partial charge on any atom is -0.409 e. The van der Waals surface area contributed by atoms with Crippen LogP contribution in [-0.4, -0.2) is 23.6 Å². The summed E-state index contributed by atoms with van der Waals surface area (Å²) in [5.74, 6) is 0.117. The lowest BCUT2D eigenvalue weighted by Gasteiger charge is -2.29. The van der Waals surface area contributed by atoms with E-state index in [1.165, 1.54) is 0 Å². The first kappa shape index (κ1) is 13.8. The third kappa shape index (κ3) is 2.91. The molecule has 5 heteroatoms. The van der Waals surface area contributed by atoms with E-state index in [2.05, 4.69) is 46.8 Å². The Kier molecular flexibility index (Phi) is 4.81. The molecule has 94 valence electrons. The Morgan fingerprint density at radius 1 is 1.53 bits per heavy atom. The van der Waals surface area contributed by atoms with Crippen LogP contribution in [0.5, 0.6) is 0 Å². The fourth-order valence-electron chi connectivity index (χ4n) is 1.87. The quantitative estimate of drug-likeness (QED) is 0.389. The maximum absolute atomic E-state index is 8.85. The van der Waals surface area contributed by atoms with E-state index in [0.29, 0.717) is 6.04 Å². The second-order valence-electron chi connectivity index (χ2n) is 4.00. The summed E-state index contributed by atoms with van der Waals surface area (Å²) < 4.78 is 0.824. The normalized spacial score (nSPS) is 11.9. The number of rotatable bonds is 4. The fraction of sp³-hybridized carbons (Fsp3) is 0.417. The topological polar surface area (TPSA) is 61.8 Å². The first-order chi connectivity index (χ1) is 8.02. The van der Waals surface area contributed by atoms with Gasteiger partial charge < -0.3 is 15.8 Å². The number of nitrogens with two attached hydrogens (primary N) is 1. The van der Waals surface area contributed by atoms with Crippen LogP contribution in [-0.2, 0) is 0 Å². The summed E-state index contributed by atoms with van der Waals surface area (Å²) in [6.45, 7) is 7.16. The van der Waals surface area contributed by atoms with Crippen molar-refractivity contribution in [3.05, 3.63) is 28.2 Å². The third-order valence-electron chi connectivity index (χ3n) is 2.63. The third-order valence-corrected chi connectivity index (χ3v) is 3.29. The van der Waals surface area contributed by atoms with Crippen molar-refractivity contribution in [2.24, 2.45) is 10.9 Å². The minimum atomic E-state index is 0.117. The molecule has 0 radical (unpaired) electrons. The minimum absolute atomic E-state index is 0.117. The van der Waals surface area contributed by atoms with E-state index < -0.39 is 0 Å². The Labute approximate surface area is 110 Å². The van der Waals surface area contributed by atoms with E-state index in [0.717, 1.165) is 22.3 Å². The first-order valence-corrected chi connectivity index (χ1v) is 6.35. The molecule has 3 N–H and O–H groups in total. The number of oxime groups is 1. The smallest absolute Gasteiger partial charge is 0.173 e. The Morgan fingerprint density at radius 2 is 2.18 bits per heavy atom. The van der Waals surface area contributed by atoms with Crippen LogP contribution in [0.1, 0.15) is 26.3 Å². The SMILES string of the molecule is CCN(c1cccc(Br)c1/C(N)=N/O)C(C)C. The molecule has 0 aromatic heterocycles. The van der Waals surface area contributed by atoms with Gasteiger partial charge in [0.2, 0.25) is 0 Å². The lowest BCUT2D eigenvalue weighted by atomic mass is 10.1. The van der Waals surface area contributed by atoms with E-state index in [4.69, 9.17) is 10.9 Å². The predicted molar refractivity (Wildman–Crippen MR) is 74.8 cm³/mol. The van der Waals surface area contributed by atoms with Gasteiger partial charge in [-0.2, -0.15) is 0 Å². The van der Waals surface area contributed by atoms with Gasteiger partial charge in [0, 0.05) is 22.7 Å². The van der Waals surface area contributed by atoms with Crippen LogP contribution < -0.4 is 10.6 Å². The van der Waals surface area contributed by atoms with E-state index in [1.54, 1.807) is 0 Å². The van der Waals surface area contributed by atoms with Crippen LogP contribution in [0.3, 0.4) is 0 Å². The van der Waals surface area contributed by atoms with Crippen molar-refractivity contribution in [1.29, 1.82) is 0 Å². The number of nitrogens with zero attached hydrogens (tertiary/aromatic N) is 2. The number of hydrogen-bond acceptors (Lipinski definition) is 3. The molecule has 0 aliphatic rings. The molecule has 0 unspecified atom stereocenters. The summed E-state index contributed by atoms with van der Waals surface area (Å²) in [4.78, 5) is 2.19. The van der Waals surface area contributed by atoms with Gasteiger partial charge >= 0.3 is 0 Å². The molecular weight excluding hydrogens is 282 g/mol. The Hall–Kier alpha value is -1.23. The monoisotopic (exact) mass is 299 g/mol. The van der Waals surface area contributed by atoms with Gasteiger partial charge in [-0.05, 0) is 48.8 Å². The molecule has 0 bridgehead atoms. The van der Waals surface area contributed by atoms with Crippen molar-refractivity contribution in [1.82, 2.24) is 0 Å². The zero-order chi connectivity index (χ0) is 13.0. The van der Waals surface area contributed by atoms with Gasteiger partial charge in [-0.15, -0.1) is 0 Å². The molecule has 1 rings (SSSR count). The van der Waals surface area contributed by atoms with Gasteiger partial charge in [-0.1, -0.05) is 11.2 Å². The highest BCUT2D eigenvalue weighted by Gasteiger charge is 2.17. The summed E-state index contributed by atoms with van der Waals surface area (Å²) in [5, 5.41) is 11.9. The van der Waals surface area contributed by atoms with Crippen LogP contribution in [0, 0.1) is 0 Å². The summed E-state index contributed by atoms with van der Waals surface area (Å²) >= 11 is 3.44. The van der Waals surface area contributed by atoms with Gasteiger partial charge in [0.1, 0.15) is 0 Å². The molecule has 0 aliphatic carbocycles. The molecule has 0 aliphatic heterocycles. The van der Waals surface area contributed by atoms with E-state index in [1.807, 2.05) is 18.2 Å². The van der Waals surface area contributed by atoms with Crippen LogP contribution in [0.2, 0.25) is 0 Å². The molecule has 1 aromatic rings. The number of amidine groups is 1. The van der Waals surface area contributed by atoms with Gasteiger partial charge in [0.25, 0.3) is 0 Å². The molecule has 0 saturated carbocycles.